The molecule has 0 radical (unpaired) electrons. The Labute approximate surface area is 139 Å². The third-order valence-electron chi connectivity index (χ3n) is 5.89. The van der Waals surface area contributed by atoms with Gasteiger partial charge in [0.25, 0.3) is 0 Å². The molecule has 0 bridgehead atoms. The molecule has 5 nitrogen and oxygen atoms in total. The van der Waals surface area contributed by atoms with Gasteiger partial charge in [0, 0.05) is 31.1 Å². The average molecular weight is 334 g/mol. The van der Waals surface area contributed by atoms with E-state index in [9.17, 15) is 14.7 Å². The molecule has 0 unspecified atom stereocenters. The number of nitrogens with zero attached hydrogens (tertiary/aromatic N) is 2. The second-order valence-corrected chi connectivity index (χ2v) is 8.16. The SMILES string of the molecule is O=C(CN1C[C@@H]2CCC[C@@]2(C(=O)O)C1)N1CCc2sccc2C1. The number of likely N-dealkylation sites (tertiary alicyclic amines) is 1. The number of aliphatic carboxylic acids is 1. The second-order valence-electron chi connectivity index (χ2n) is 7.15. The Hall–Kier alpha value is -1.40. The topological polar surface area (TPSA) is 60.9 Å². The molecule has 0 spiro atoms. The fourth-order valence-electron chi connectivity index (χ4n) is 4.62. The lowest BCUT2D eigenvalue weighted by atomic mass is 9.81. The molecule has 23 heavy (non-hydrogen) atoms. The number of carbonyl (C=O) groups excluding carboxylic acids is 1. The zero-order valence-corrected chi connectivity index (χ0v) is 14.0. The fraction of sp³-hybridized carbons (Fsp3) is 0.647. The van der Waals surface area contributed by atoms with E-state index in [1.165, 1.54) is 10.4 Å². The first-order valence-corrected chi connectivity index (χ1v) is 9.25. The number of carboxylic acids is 1. The molecule has 1 saturated carbocycles. The molecule has 1 aromatic heterocycles. The number of fused-ring (bicyclic) bond motifs is 2. The van der Waals surface area contributed by atoms with Crippen LogP contribution in [-0.4, -0.2) is 53.0 Å². The van der Waals surface area contributed by atoms with E-state index in [0.29, 0.717) is 19.6 Å². The largest absolute Gasteiger partial charge is 0.481 e. The molecule has 3 heterocycles. The van der Waals surface area contributed by atoms with E-state index < -0.39 is 11.4 Å². The van der Waals surface area contributed by atoms with Crippen LogP contribution in [0.15, 0.2) is 11.4 Å². The smallest absolute Gasteiger partial charge is 0.311 e. The summed E-state index contributed by atoms with van der Waals surface area (Å²) in [7, 11) is 0. The van der Waals surface area contributed by atoms with Crippen molar-refractivity contribution >= 4 is 23.2 Å². The van der Waals surface area contributed by atoms with Crippen molar-refractivity contribution in [3.05, 3.63) is 21.9 Å². The van der Waals surface area contributed by atoms with Crippen LogP contribution < -0.4 is 0 Å². The van der Waals surface area contributed by atoms with E-state index in [0.717, 1.165) is 38.8 Å². The molecular formula is C17H22N2O3S. The van der Waals surface area contributed by atoms with Gasteiger partial charge in [-0.1, -0.05) is 6.42 Å². The van der Waals surface area contributed by atoms with Crippen LogP contribution in [0.4, 0.5) is 0 Å². The van der Waals surface area contributed by atoms with E-state index in [4.69, 9.17) is 0 Å². The number of carboxylic acid groups (broad SMARTS) is 1. The fourth-order valence-corrected chi connectivity index (χ4v) is 5.51. The van der Waals surface area contributed by atoms with Gasteiger partial charge < -0.3 is 10.0 Å². The van der Waals surface area contributed by atoms with Gasteiger partial charge >= 0.3 is 5.97 Å². The van der Waals surface area contributed by atoms with Crippen molar-refractivity contribution in [2.75, 3.05) is 26.2 Å². The summed E-state index contributed by atoms with van der Waals surface area (Å²) < 4.78 is 0. The van der Waals surface area contributed by atoms with Crippen LogP contribution in [-0.2, 0) is 22.6 Å². The number of hydrogen-bond donors (Lipinski definition) is 1. The lowest BCUT2D eigenvalue weighted by Gasteiger charge is -2.29. The molecular weight excluding hydrogens is 312 g/mol. The first-order valence-electron chi connectivity index (χ1n) is 8.37. The number of rotatable bonds is 3. The van der Waals surface area contributed by atoms with Gasteiger partial charge in [-0.15, -0.1) is 11.3 Å². The van der Waals surface area contributed by atoms with Crippen LogP contribution in [0, 0.1) is 11.3 Å². The van der Waals surface area contributed by atoms with E-state index >= 15 is 0 Å². The van der Waals surface area contributed by atoms with Gasteiger partial charge in [0.1, 0.15) is 0 Å². The van der Waals surface area contributed by atoms with Crippen molar-refractivity contribution in [2.24, 2.45) is 11.3 Å². The number of amides is 1. The summed E-state index contributed by atoms with van der Waals surface area (Å²) in [4.78, 5) is 29.7. The highest BCUT2D eigenvalue weighted by Crippen LogP contribution is 2.48. The summed E-state index contributed by atoms with van der Waals surface area (Å²) in [6, 6.07) is 2.11. The summed E-state index contributed by atoms with van der Waals surface area (Å²) in [6.45, 7) is 3.16. The van der Waals surface area contributed by atoms with Crippen molar-refractivity contribution < 1.29 is 14.7 Å². The average Bonchev–Trinajstić information content (AvgIpc) is 3.19. The van der Waals surface area contributed by atoms with Crippen LogP contribution in [0.2, 0.25) is 0 Å². The number of hydrogen-bond acceptors (Lipinski definition) is 4. The van der Waals surface area contributed by atoms with Crippen LogP contribution in [0.5, 0.6) is 0 Å². The molecule has 1 aromatic rings. The molecule has 1 saturated heterocycles. The van der Waals surface area contributed by atoms with Gasteiger partial charge in [-0.2, -0.15) is 0 Å². The van der Waals surface area contributed by atoms with Crippen LogP contribution >= 0.6 is 11.3 Å². The molecule has 2 aliphatic heterocycles. The molecule has 6 heteroatoms. The zero-order valence-electron chi connectivity index (χ0n) is 13.2. The van der Waals surface area contributed by atoms with E-state index in [2.05, 4.69) is 16.3 Å². The lowest BCUT2D eigenvalue weighted by molar-refractivity contribution is -0.149. The predicted octanol–water partition coefficient (Wildman–Crippen LogP) is 1.82. The Bertz CT molecular complexity index is 644. The van der Waals surface area contributed by atoms with Gasteiger partial charge in [-0.3, -0.25) is 14.5 Å². The normalized spacial score (nSPS) is 30.3. The van der Waals surface area contributed by atoms with E-state index in [1.807, 2.05) is 4.90 Å². The monoisotopic (exact) mass is 334 g/mol. The van der Waals surface area contributed by atoms with Crippen LogP contribution in [0.3, 0.4) is 0 Å². The molecule has 3 aliphatic rings. The lowest BCUT2D eigenvalue weighted by Crippen LogP contribution is -2.43. The van der Waals surface area contributed by atoms with Crippen LogP contribution in [0.25, 0.3) is 0 Å². The molecule has 124 valence electrons. The van der Waals surface area contributed by atoms with Crippen molar-refractivity contribution in [1.82, 2.24) is 9.80 Å². The third kappa shape index (κ3) is 2.48. The third-order valence-corrected chi connectivity index (χ3v) is 6.91. The first kappa shape index (κ1) is 15.1. The highest BCUT2D eigenvalue weighted by molar-refractivity contribution is 7.10. The van der Waals surface area contributed by atoms with Gasteiger partial charge in [0.2, 0.25) is 5.91 Å². The number of thiophene rings is 1. The summed E-state index contributed by atoms with van der Waals surface area (Å²) >= 11 is 1.77. The maximum absolute atomic E-state index is 12.6. The van der Waals surface area contributed by atoms with Gasteiger partial charge in [0.05, 0.1) is 12.0 Å². The van der Waals surface area contributed by atoms with Gasteiger partial charge in [-0.25, -0.2) is 0 Å². The molecule has 2 fully saturated rings. The summed E-state index contributed by atoms with van der Waals surface area (Å²) in [5, 5.41) is 11.7. The van der Waals surface area contributed by atoms with Crippen molar-refractivity contribution in [3.63, 3.8) is 0 Å². The van der Waals surface area contributed by atoms with E-state index in [1.54, 1.807) is 11.3 Å². The standard InChI is InChI=1S/C17H22N2O3S/c20-15(19-6-3-14-12(8-19)4-7-23-14)10-18-9-13-2-1-5-17(13,11-18)16(21)22/h4,7,13H,1-3,5-6,8-11H2,(H,21,22)/t13-,17+/m0/s1. The highest BCUT2D eigenvalue weighted by atomic mass is 32.1. The Morgan fingerprint density at radius 3 is 3.09 bits per heavy atom. The quantitative estimate of drug-likeness (QED) is 0.916. The Kier molecular flexibility index (Phi) is 3.69. The highest BCUT2D eigenvalue weighted by Gasteiger charge is 2.54. The van der Waals surface area contributed by atoms with Gasteiger partial charge in [-0.05, 0) is 42.2 Å². The van der Waals surface area contributed by atoms with Crippen molar-refractivity contribution in [2.45, 2.75) is 32.2 Å². The Balaban J connectivity index is 1.40. The van der Waals surface area contributed by atoms with E-state index in [-0.39, 0.29) is 11.8 Å². The molecule has 2 atom stereocenters. The zero-order chi connectivity index (χ0) is 16.0. The maximum Gasteiger partial charge on any atom is 0.311 e. The van der Waals surface area contributed by atoms with Crippen molar-refractivity contribution in [1.29, 1.82) is 0 Å². The molecule has 4 rings (SSSR count). The van der Waals surface area contributed by atoms with Crippen LogP contribution in [0.1, 0.15) is 29.7 Å². The molecule has 0 aromatic carbocycles. The molecule has 1 amide bonds. The molecule has 1 aliphatic carbocycles. The summed E-state index contributed by atoms with van der Waals surface area (Å²) in [6.07, 6.45) is 3.70. The van der Waals surface area contributed by atoms with Gasteiger partial charge in [0.15, 0.2) is 0 Å². The summed E-state index contributed by atoms with van der Waals surface area (Å²) in [5.41, 5.74) is 0.679. The second kappa shape index (κ2) is 5.60. The minimum Gasteiger partial charge on any atom is -0.481 e. The first-order chi connectivity index (χ1) is 11.1. The minimum atomic E-state index is -0.671. The minimum absolute atomic E-state index is 0.141. The van der Waals surface area contributed by atoms with Crippen molar-refractivity contribution in [3.8, 4) is 0 Å². The predicted molar refractivity (Wildman–Crippen MR) is 87.3 cm³/mol. The maximum atomic E-state index is 12.6. The number of carbonyl (C=O) groups is 2. The molecule has 1 N–H and O–H groups in total. The Morgan fingerprint density at radius 1 is 1.43 bits per heavy atom. The Morgan fingerprint density at radius 2 is 2.30 bits per heavy atom. The summed E-state index contributed by atoms with van der Waals surface area (Å²) in [5.74, 6) is -0.309.